The third-order valence-corrected chi connectivity index (χ3v) is 14.5. The molecule has 81 heavy (non-hydrogen) atoms. The van der Waals surface area contributed by atoms with Crippen molar-refractivity contribution in [3.8, 4) is 78.9 Å². The summed E-state index contributed by atoms with van der Waals surface area (Å²) >= 11 is 0. The Labute approximate surface area is 455 Å². The fourth-order valence-corrected chi connectivity index (χ4v) is 10.9. The van der Waals surface area contributed by atoms with Crippen LogP contribution in [0.15, 0.2) is 219 Å². The quantitative estimate of drug-likeness (QED) is 0.142. The van der Waals surface area contributed by atoms with Gasteiger partial charge in [-0.15, -0.1) is 0 Å². The first-order valence-corrected chi connectivity index (χ1v) is 25.5. The van der Waals surface area contributed by atoms with Gasteiger partial charge in [-0.05, 0) is 126 Å². The molecule has 0 bridgehead atoms. The summed E-state index contributed by atoms with van der Waals surface area (Å²) in [7, 11) is 0. The molecule has 0 unspecified atom stereocenters. The second-order valence-electron chi connectivity index (χ2n) is 19.7. The van der Waals surface area contributed by atoms with Gasteiger partial charge in [0.2, 0.25) is 0 Å². The minimum Gasteiger partial charge on any atom is -0.309 e. The SMILES string of the molecule is Cc1cc(-c2ccc3c(c2)c2ccccc2n3-c2ccc(-c3nc(-c4ccccc4)nc(-c4ccccc4)n3)cc2-c2ccncc2-n2c3ccccc3c3cc(-c4cc(C(F)(F)F)cc(C(F)(F)F)c4)ccc32)cc(C(F)(F)F)c1. The first-order chi connectivity index (χ1) is 38.9. The first kappa shape index (κ1) is 50.6. The topological polar surface area (TPSA) is 61.4 Å². The summed E-state index contributed by atoms with van der Waals surface area (Å²) in [6.07, 6.45) is -11.3. The summed E-state index contributed by atoms with van der Waals surface area (Å²) < 4.78 is 132. The van der Waals surface area contributed by atoms with Gasteiger partial charge in [-0.25, -0.2) is 15.0 Å². The molecule has 0 aliphatic rings. The lowest BCUT2D eigenvalue weighted by molar-refractivity contribution is -0.143. The number of aryl methyl sites for hydroxylation is 1. The van der Waals surface area contributed by atoms with Crippen molar-refractivity contribution in [2.75, 3.05) is 0 Å². The summed E-state index contributed by atoms with van der Waals surface area (Å²) in [5.41, 5.74) is 5.27. The maximum atomic E-state index is 14.2. The molecule has 0 N–H and O–H groups in total. The van der Waals surface area contributed by atoms with E-state index < -0.39 is 35.2 Å². The van der Waals surface area contributed by atoms with E-state index in [9.17, 15) is 39.5 Å². The summed E-state index contributed by atoms with van der Waals surface area (Å²) in [5, 5.41) is 2.84. The Morgan fingerprint density at radius 1 is 0.321 bits per heavy atom. The molecule has 13 aromatic rings. The average Bonchev–Trinajstić information content (AvgIpc) is 3.57. The molecule has 4 aromatic heterocycles. The zero-order valence-electron chi connectivity index (χ0n) is 42.4. The molecule has 13 rings (SSSR count). The van der Waals surface area contributed by atoms with Gasteiger partial charge in [-0.2, -0.15) is 39.5 Å². The zero-order chi connectivity index (χ0) is 56.0. The number of pyridine rings is 1. The van der Waals surface area contributed by atoms with E-state index in [1.54, 1.807) is 43.6 Å². The van der Waals surface area contributed by atoms with Crippen LogP contribution in [-0.2, 0) is 18.5 Å². The largest absolute Gasteiger partial charge is 0.416 e. The van der Waals surface area contributed by atoms with Gasteiger partial charge in [0.05, 0.1) is 56.3 Å². The van der Waals surface area contributed by atoms with Gasteiger partial charge in [0.25, 0.3) is 0 Å². The van der Waals surface area contributed by atoms with Gasteiger partial charge in [-0.3, -0.25) is 4.98 Å². The van der Waals surface area contributed by atoms with Crippen molar-refractivity contribution in [2.24, 2.45) is 0 Å². The van der Waals surface area contributed by atoms with Crippen molar-refractivity contribution in [1.29, 1.82) is 0 Å². The van der Waals surface area contributed by atoms with E-state index in [0.29, 0.717) is 84.0 Å². The van der Waals surface area contributed by atoms with E-state index >= 15 is 0 Å². The molecule has 0 amide bonds. The minimum absolute atomic E-state index is 0.115. The van der Waals surface area contributed by atoms with Gasteiger partial charge in [-0.1, -0.05) is 115 Å². The summed E-state index contributed by atoms with van der Waals surface area (Å²) in [5.74, 6) is 1.24. The smallest absolute Gasteiger partial charge is 0.309 e. The molecule has 0 saturated carbocycles. The number of benzene rings is 9. The molecule has 396 valence electrons. The molecule has 15 heteroatoms. The van der Waals surface area contributed by atoms with Crippen molar-refractivity contribution in [3.63, 3.8) is 0 Å². The van der Waals surface area contributed by atoms with Crippen molar-refractivity contribution in [2.45, 2.75) is 25.5 Å². The molecule has 0 atom stereocenters. The van der Waals surface area contributed by atoms with E-state index in [4.69, 9.17) is 15.0 Å². The van der Waals surface area contributed by atoms with E-state index in [1.807, 2.05) is 150 Å². The van der Waals surface area contributed by atoms with Gasteiger partial charge >= 0.3 is 18.5 Å². The third-order valence-electron chi connectivity index (χ3n) is 14.5. The summed E-state index contributed by atoms with van der Waals surface area (Å²) in [4.78, 5) is 19.7. The van der Waals surface area contributed by atoms with E-state index in [1.165, 1.54) is 6.07 Å². The lowest BCUT2D eigenvalue weighted by atomic mass is 9.97. The predicted molar refractivity (Wildman–Crippen MR) is 299 cm³/mol. The molecule has 0 aliphatic heterocycles. The highest BCUT2D eigenvalue weighted by Crippen LogP contribution is 2.45. The normalized spacial score (nSPS) is 12.3. The Balaban J connectivity index is 1.06. The molecule has 4 heterocycles. The number of halogens is 9. The Morgan fingerprint density at radius 2 is 0.753 bits per heavy atom. The van der Waals surface area contributed by atoms with Crippen molar-refractivity contribution in [1.82, 2.24) is 29.1 Å². The van der Waals surface area contributed by atoms with Crippen LogP contribution in [0.1, 0.15) is 22.3 Å². The lowest BCUT2D eigenvalue weighted by Crippen LogP contribution is -2.11. The van der Waals surface area contributed by atoms with Gasteiger partial charge in [0, 0.05) is 55.6 Å². The number of alkyl halides is 9. The van der Waals surface area contributed by atoms with Crippen LogP contribution >= 0.6 is 0 Å². The monoisotopic (exact) mass is 1090 g/mol. The van der Waals surface area contributed by atoms with E-state index in [0.717, 1.165) is 57.2 Å². The van der Waals surface area contributed by atoms with Crippen molar-refractivity contribution < 1.29 is 39.5 Å². The van der Waals surface area contributed by atoms with E-state index in [-0.39, 0.29) is 17.2 Å². The van der Waals surface area contributed by atoms with Crippen molar-refractivity contribution >= 4 is 43.6 Å². The first-order valence-electron chi connectivity index (χ1n) is 25.5. The fraction of sp³-hybridized carbons (Fsp3) is 0.0606. The van der Waals surface area contributed by atoms with Crippen molar-refractivity contribution in [3.05, 3.63) is 241 Å². The molecule has 0 radical (unpaired) electrons. The van der Waals surface area contributed by atoms with Gasteiger partial charge < -0.3 is 9.13 Å². The molecular weight excluding hydrogens is 1050 g/mol. The third kappa shape index (κ3) is 9.19. The van der Waals surface area contributed by atoms with Crippen LogP contribution in [-0.4, -0.2) is 29.1 Å². The number of rotatable bonds is 8. The Morgan fingerprint density at radius 3 is 1.27 bits per heavy atom. The second-order valence-corrected chi connectivity index (χ2v) is 19.7. The zero-order valence-corrected chi connectivity index (χ0v) is 42.4. The van der Waals surface area contributed by atoms with Gasteiger partial charge in [0.15, 0.2) is 17.5 Å². The van der Waals surface area contributed by atoms with Crippen LogP contribution in [0.3, 0.4) is 0 Å². The summed E-state index contributed by atoms with van der Waals surface area (Å²) in [6.45, 7) is 1.64. The molecule has 0 saturated heterocycles. The molecule has 9 aromatic carbocycles. The maximum Gasteiger partial charge on any atom is 0.416 e. The van der Waals surface area contributed by atoms with Crippen LogP contribution in [0, 0.1) is 6.92 Å². The number of para-hydroxylation sites is 2. The van der Waals surface area contributed by atoms with Crippen LogP contribution in [0.4, 0.5) is 39.5 Å². The second kappa shape index (κ2) is 19.2. The number of hydrogen-bond acceptors (Lipinski definition) is 4. The number of hydrogen-bond donors (Lipinski definition) is 0. The average molecular weight is 1090 g/mol. The lowest BCUT2D eigenvalue weighted by Gasteiger charge is -2.19. The highest BCUT2D eigenvalue weighted by molar-refractivity contribution is 6.13. The number of nitrogens with zero attached hydrogens (tertiary/aromatic N) is 6. The van der Waals surface area contributed by atoms with Crippen LogP contribution < -0.4 is 0 Å². The Bertz CT molecular complexity index is 4530. The molecular formula is C66H39F9N6. The molecule has 0 spiro atoms. The molecule has 6 nitrogen and oxygen atoms in total. The van der Waals surface area contributed by atoms with E-state index in [2.05, 4.69) is 9.55 Å². The molecule has 0 aliphatic carbocycles. The Kier molecular flexibility index (Phi) is 12.0. The van der Waals surface area contributed by atoms with Crippen LogP contribution in [0.5, 0.6) is 0 Å². The maximum absolute atomic E-state index is 14.2. The number of aromatic nitrogens is 6. The van der Waals surface area contributed by atoms with Crippen LogP contribution in [0.2, 0.25) is 0 Å². The number of fused-ring (bicyclic) bond motifs is 6. The Hall–Kier alpha value is -9.89. The molecule has 0 fully saturated rings. The minimum atomic E-state index is -5.05. The highest BCUT2D eigenvalue weighted by atomic mass is 19.4. The predicted octanol–water partition coefficient (Wildman–Crippen LogP) is 18.8. The fourth-order valence-electron chi connectivity index (χ4n) is 10.9. The van der Waals surface area contributed by atoms with Crippen LogP contribution in [0.25, 0.3) is 123 Å². The van der Waals surface area contributed by atoms with Gasteiger partial charge in [0.1, 0.15) is 0 Å². The summed E-state index contributed by atoms with van der Waals surface area (Å²) in [6, 6.07) is 58.0. The highest BCUT2D eigenvalue weighted by Gasteiger charge is 2.37. The standard InChI is InChI=1S/C66H39F9N6/c1-38-28-44(30-46(29-38)64(67,68)69)41-20-23-57-52(33-41)49-16-8-10-18-55(49)80(57)58-25-22-43(63-78-61(39-12-4-2-5-13-39)77-62(79-63)40-14-6-3-7-15-40)35-54(58)51-26-27-76-37-60(51)81-56-19-11-9-17-50(56)53-34-42(21-24-59(53)81)45-31-47(65(70,71)72)36-48(32-45)66(73,74)75/h2-37H,1H3.